The van der Waals surface area contributed by atoms with Crippen LogP contribution in [-0.2, 0) is 19.4 Å². The zero-order valence-corrected chi connectivity index (χ0v) is 13.7. The molecular formula is C18H23ClN2. The lowest BCUT2D eigenvalue weighted by Gasteiger charge is -2.22. The molecule has 112 valence electrons. The van der Waals surface area contributed by atoms with Crippen molar-refractivity contribution in [2.45, 2.75) is 52.5 Å². The summed E-state index contributed by atoms with van der Waals surface area (Å²) in [6.07, 6.45) is 5.98. The van der Waals surface area contributed by atoms with Crippen molar-refractivity contribution in [3.05, 3.63) is 39.5 Å². The van der Waals surface area contributed by atoms with Crippen LogP contribution in [0.3, 0.4) is 0 Å². The maximum Gasteiger partial charge on any atom is 0.0738 e. The molecule has 0 atom stereocenters. The fourth-order valence-electron chi connectivity index (χ4n) is 3.34. The molecule has 1 aromatic heterocycles. The molecule has 1 heterocycles. The lowest BCUT2D eigenvalue weighted by Crippen LogP contribution is -2.18. The third kappa shape index (κ3) is 2.93. The fourth-order valence-corrected chi connectivity index (χ4v) is 3.61. The number of halogens is 1. The van der Waals surface area contributed by atoms with E-state index < -0.39 is 0 Å². The molecule has 0 amide bonds. The molecule has 0 saturated carbocycles. The van der Waals surface area contributed by atoms with E-state index >= 15 is 0 Å². The Bertz CT molecular complexity index is 664. The van der Waals surface area contributed by atoms with Crippen LogP contribution in [0.2, 0.25) is 5.02 Å². The van der Waals surface area contributed by atoms with Crippen LogP contribution in [0.4, 0.5) is 0 Å². The largest absolute Gasteiger partial charge is 0.313 e. The number of hydrogen-bond acceptors (Lipinski definition) is 2. The minimum Gasteiger partial charge on any atom is -0.313 e. The van der Waals surface area contributed by atoms with Gasteiger partial charge in [0, 0.05) is 22.6 Å². The smallest absolute Gasteiger partial charge is 0.0738 e. The Balaban J connectivity index is 2.18. The van der Waals surface area contributed by atoms with Gasteiger partial charge in [0.25, 0.3) is 0 Å². The second kappa shape index (κ2) is 6.33. The van der Waals surface area contributed by atoms with E-state index in [1.807, 2.05) is 6.07 Å². The Kier molecular flexibility index (Phi) is 4.46. The van der Waals surface area contributed by atoms with E-state index in [0.717, 1.165) is 42.9 Å². The molecule has 3 rings (SSSR count). The zero-order valence-electron chi connectivity index (χ0n) is 12.9. The second-order valence-corrected chi connectivity index (χ2v) is 6.45. The minimum absolute atomic E-state index is 0.814. The van der Waals surface area contributed by atoms with Gasteiger partial charge in [-0.25, -0.2) is 0 Å². The summed E-state index contributed by atoms with van der Waals surface area (Å²) in [4.78, 5) is 4.96. The summed E-state index contributed by atoms with van der Waals surface area (Å²) in [6, 6.07) is 4.12. The third-order valence-corrected chi connectivity index (χ3v) is 4.59. The standard InChI is InChI=1S/C18H23ClN2/c1-3-8-20-11-16-14-6-4-5-7-17(14)21-18-12(2)9-13(19)10-15(16)18/h9-10,20H,3-8,11H2,1-2H3. The van der Waals surface area contributed by atoms with Gasteiger partial charge < -0.3 is 5.32 Å². The van der Waals surface area contributed by atoms with Crippen LogP contribution in [0.1, 0.15) is 48.6 Å². The summed E-state index contributed by atoms with van der Waals surface area (Å²) in [7, 11) is 0. The molecule has 2 aromatic rings. The van der Waals surface area contributed by atoms with Gasteiger partial charge in [-0.15, -0.1) is 0 Å². The van der Waals surface area contributed by atoms with Crippen LogP contribution in [0.15, 0.2) is 12.1 Å². The van der Waals surface area contributed by atoms with Gasteiger partial charge in [-0.3, -0.25) is 4.98 Å². The average molecular weight is 303 g/mol. The summed E-state index contributed by atoms with van der Waals surface area (Å²) in [5.74, 6) is 0. The van der Waals surface area contributed by atoms with Crippen LogP contribution >= 0.6 is 11.6 Å². The highest BCUT2D eigenvalue weighted by Crippen LogP contribution is 2.32. The molecule has 1 aromatic carbocycles. The molecule has 21 heavy (non-hydrogen) atoms. The van der Waals surface area contributed by atoms with Gasteiger partial charge in [0.15, 0.2) is 0 Å². The van der Waals surface area contributed by atoms with Crippen molar-refractivity contribution < 1.29 is 0 Å². The van der Waals surface area contributed by atoms with Crippen LogP contribution in [0.5, 0.6) is 0 Å². The Morgan fingerprint density at radius 2 is 2.05 bits per heavy atom. The highest BCUT2D eigenvalue weighted by atomic mass is 35.5. The van der Waals surface area contributed by atoms with Crippen molar-refractivity contribution in [3.8, 4) is 0 Å². The summed E-state index contributed by atoms with van der Waals surface area (Å²) in [5.41, 5.74) is 6.52. The Morgan fingerprint density at radius 3 is 2.86 bits per heavy atom. The van der Waals surface area contributed by atoms with Gasteiger partial charge in [-0.2, -0.15) is 0 Å². The van der Waals surface area contributed by atoms with Crippen LogP contribution in [-0.4, -0.2) is 11.5 Å². The van der Waals surface area contributed by atoms with Crippen LogP contribution in [0, 0.1) is 6.92 Å². The molecule has 0 spiro atoms. The number of nitrogens with zero attached hydrogens (tertiary/aromatic N) is 1. The summed E-state index contributed by atoms with van der Waals surface area (Å²) in [6.45, 7) is 6.29. The number of aryl methyl sites for hydroxylation is 2. The van der Waals surface area contributed by atoms with Crippen molar-refractivity contribution in [3.63, 3.8) is 0 Å². The molecule has 0 saturated heterocycles. The Hall–Kier alpha value is -1.12. The first-order valence-electron chi connectivity index (χ1n) is 8.02. The lowest BCUT2D eigenvalue weighted by atomic mass is 9.89. The topological polar surface area (TPSA) is 24.9 Å². The van der Waals surface area contributed by atoms with Crippen molar-refractivity contribution in [2.75, 3.05) is 6.54 Å². The Morgan fingerprint density at radius 1 is 1.24 bits per heavy atom. The first-order chi connectivity index (χ1) is 10.2. The van der Waals surface area contributed by atoms with Crippen molar-refractivity contribution in [1.29, 1.82) is 0 Å². The summed E-state index contributed by atoms with van der Waals surface area (Å²) >= 11 is 6.29. The first-order valence-corrected chi connectivity index (χ1v) is 8.39. The van der Waals surface area contributed by atoms with Crippen molar-refractivity contribution >= 4 is 22.5 Å². The highest BCUT2D eigenvalue weighted by Gasteiger charge is 2.18. The van der Waals surface area contributed by atoms with Gasteiger partial charge in [0.1, 0.15) is 0 Å². The number of nitrogens with one attached hydrogen (secondary N) is 1. The fraction of sp³-hybridized carbons (Fsp3) is 0.500. The molecule has 1 aliphatic rings. The highest BCUT2D eigenvalue weighted by molar-refractivity contribution is 6.31. The molecule has 1 aliphatic carbocycles. The average Bonchev–Trinajstić information content (AvgIpc) is 2.47. The molecule has 0 radical (unpaired) electrons. The number of hydrogen-bond donors (Lipinski definition) is 1. The van der Waals surface area contributed by atoms with Crippen LogP contribution < -0.4 is 5.32 Å². The molecule has 2 nitrogen and oxygen atoms in total. The predicted molar refractivity (Wildman–Crippen MR) is 90.1 cm³/mol. The SMILES string of the molecule is CCCNCc1c2c(nc3c(C)cc(Cl)cc13)CCCC2. The van der Waals surface area contributed by atoms with Crippen molar-refractivity contribution in [2.24, 2.45) is 0 Å². The van der Waals surface area contributed by atoms with E-state index in [9.17, 15) is 0 Å². The molecular weight excluding hydrogens is 280 g/mol. The summed E-state index contributed by atoms with van der Waals surface area (Å²) in [5, 5.41) is 5.62. The monoisotopic (exact) mass is 302 g/mol. The molecule has 0 unspecified atom stereocenters. The van der Waals surface area contributed by atoms with Crippen molar-refractivity contribution in [1.82, 2.24) is 10.3 Å². The zero-order chi connectivity index (χ0) is 14.8. The number of fused-ring (bicyclic) bond motifs is 2. The summed E-state index contributed by atoms with van der Waals surface area (Å²) < 4.78 is 0. The second-order valence-electron chi connectivity index (χ2n) is 6.02. The van der Waals surface area contributed by atoms with E-state index in [0.29, 0.717) is 0 Å². The number of aromatic nitrogens is 1. The normalized spacial score (nSPS) is 14.4. The molecule has 1 N–H and O–H groups in total. The third-order valence-electron chi connectivity index (χ3n) is 4.37. The van der Waals surface area contributed by atoms with Crippen LogP contribution in [0.25, 0.3) is 10.9 Å². The van der Waals surface area contributed by atoms with Gasteiger partial charge in [-0.05, 0) is 74.4 Å². The maximum atomic E-state index is 6.29. The Labute approximate surface area is 131 Å². The van der Waals surface area contributed by atoms with Gasteiger partial charge in [0.2, 0.25) is 0 Å². The van der Waals surface area contributed by atoms with E-state index in [1.54, 1.807) is 0 Å². The first kappa shape index (κ1) is 14.8. The number of benzene rings is 1. The molecule has 3 heteroatoms. The van der Waals surface area contributed by atoms with E-state index in [-0.39, 0.29) is 0 Å². The minimum atomic E-state index is 0.814. The maximum absolute atomic E-state index is 6.29. The molecule has 0 aliphatic heterocycles. The predicted octanol–water partition coefficient (Wildman–Crippen LogP) is 4.58. The van der Waals surface area contributed by atoms with E-state index in [4.69, 9.17) is 16.6 Å². The number of rotatable bonds is 4. The molecule has 0 fully saturated rings. The van der Waals surface area contributed by atoms with E-state index in [2.05, 4.69) is 25.2 Å². The number of pyridine rings is 1. The van der Waals surface area contributed by atoms with Gasteiger partial charge >= 0.3 is 0 Å². The quantitative estimate of drug-likeness (QED) is 0.837. The van der Waals surface area contributed by atoms with Gasteiger partial charge in [0.05, 0.1) is 5.52 Å². The molecule has 0 bridgehead atoms. The van der Waals surface area contributed by atoms with Gasteiger partial charge in [-0.1, -0.05) is 18.5 Å². The van der Waals surface area contributed by atoms with E-state index in [1.165, 1.54) is 40.6 Å². The lowest BCUT2D eigenvalue weighted by molar-refractivity contribution is 0.640.